The normalized spacial score (nSPS) is 12.8. The van der Waals surface area contributed by atoms with Gasteiger partial charge >= 0.3 is 0 Å². The summed E-state index contributed by atoms with van der Waals surface area (Å²) in [4.78, 5) is 6.79. The molecule has 2 rings (SSSR count). The van der Waals surface area contributed by atoms with Gasteiger partial charge in [-0.1, -0.05) is 0 Å². The summed E-state index contributed by atoms with van der Waals surface area (Å²) >= 11 is 1.35. The van der Waals surface area contributed by atoms with E-state index in [9.17, 15) is 8.42 Å². The molecule has 0 saturated carbocycles. The van der Waals surface area contributed by atoms with Gasteiger partial charge in [-0.05, 0) is 33.9 Å². The van der Waals surface area contributed by atoms with Crippen molar-refractivity contribution in [3.05, 3.63) is 11.6 Å². The van der Waals surface area contributed by atoms with Gasteiger partial charge in [0.25, 0.3) is 10.0 Å². The molecular weight excluding hydrogens is 310 g/mol. The zero-order valence-corrected chi connectivity index (χ0v) is 14.0. The number of hydrogen-bond acceptors (Lipinski definition) is 6. The van der Waals surface area contributed by atoms with Crippen LogP contribution in [0.1, 0.15) is 20.3 Å². The fraction of sp³-hybridized carbons (Fsp3) is 0.583. The molecule has 2 aromatic heterocycles. The van der Waals surface area contributed by atoms with Crippen LogP contribution in [0.5, 0.6) is 0 Å². The number of nitrogens with zero attached hydrogens (tertiary/aromatic N) is 3. The van der Waals surface area contributed by atoms with Crippen molar-refractivity contribution >= 4 is 32.1 Å². The molecule has 0 saturated heterocycles. The van der Waals surface area contributed by atoms with E-state index in [-0.39, 0.29) is 10.8 Å². The third-order valence-corrected chi connectivity index (χ3v) is 5.61. The molecule has 0 aliphatic heterocycles. The first-order valence-electron chi connectivity index (χ1n) is 6.74. The number of imidazole rings is 1. The SMILES string of the molecule is CC(C)N(C)CCCNS(=O)(=O)c1c(N)nc2sccn12. The van der Waals surface area contributed by atoms with E-state index in [0.29, 0.717) is 17.5 Å². The lowest BCUT2D eigenvalue weighted by atomic mass is 10.3. The van der Waals surface area contributed by atoms with Gasteiger partial charge in [0.1, 0.15) is 0 Å². The smallest absolute Gasteiger partial charge is 0.260 e. The number of anilines is 1. The largest absolute Gasteiger partial charge is 0.381 e. The minimum absolute atomic E-state index is 0.0240. The zero-order valence-electron chi connectivity index (χ0n) is 12.4. The quantitative estimate of drug-likeness (QED) is 0.738. The van der Waals surface area contributed by atoms with E-state index >= 15 is 0 Å². The molecule has 3 N–H and O–H groups in total. The van der Waals surface area contributed by atoms with Crippen molar-refractivity contribution in [3.63, 3.8) is 0 Å². The van der Waals surface area contributed by atoms with Crippen LogP contribution in [0.15, 0.2) is 16.6 Å². The van der Waals surface area contributed by atoms with Crippen molar-refractivity contribution in [2.24, 2.45) is 0 Å². The summed E-state index contributed by atoms with van der Waals surface area (Å²) in [5, 5.41) is 1.80. The third kappa shape index (κ3) is 3.54. The summed E-state index contributed by atoms with van der Waals surface area (Å²) in [5.41, 5.74) is 5.72. The molecule has 9 heteroatoms. The van der Waals surface area contributed by atoms with Crippen molar-refractivity contribution in [2.75, 3.05) is 25.9 Å². The highest BCUT2D eigenvalue weighted by Crippen LogP contribution is 2.22. The average Bonchev–Trinajstić information content (AvgIpc) is 2.93. The van der Waals surface area contributed by atoms with E-state index in [0.717, 1.165) is 13.0 Å². The predicted octanol–water partition coefficient (Wildman–Crippen LogP) is 0.987. The number of sulfonamides is 1. The van der Waals surface area contributed by atoms with Gasteiger partial charge in [-0.25, -0.2) is 18.1 Å². The van der Waals surface area contributed by atoms with Crippen molar-refractivity contribution in [3.8, 4) is 0 Å². The van der Waals surface area contributed by atoms with Crippen molar-refractivity contribution in [2.45, 2.75) is 31.3 Å². The molecule has 0 amide bonds. The van der Waals surface area contributed by atoms with E-state index in [1.807, 2.05) is 7.05 Å². The topological polar surface area (TPSA) is 92.7 Å². The Morgan fingerprint density at radius 2 is 2.24 bits per heavy atom. The second-order valence-electron chi connectivity index (χ2n) is 5.18. The number of nitrogens with two attached hydrogens (primary N) is 1. The molecular formula is C12H21N5O2S2. The van der Waals surface area contributed by atoms with Crippen LogP contribution < -0.4 is 10.5 Å². The maximum atomic E-state index is 12.3. The molecule has 0 aliphatic rings. The van der Waals surface area contributed by atoms with Gasteiger partial charge in [0.15, 0.2) is 15.8 Å². The van der Waals surface area contributed by atoms with Gasteiger partial charge < -0.3 is 10.6 Å². The molecule has 118 valence electrons. The summed E-state index contributed by atoms with van der Waals surface area (Å²) in [7, 11) is -1.63. The Labute approximate surface area is 128 Å². The summed E-state index contributed by atoms with van der Waals surface area (Å²) in [6.45, 7) is 5.40. The Morgan fingerprint density at radius 1 is 1.52 bits per heavy atom. The number of hydrogen-bond donors (Lipinski definition) is 2. The lowest BCUT2D eigenvalue weighted by molar-refractivity contribution is 0.271. The van der Waals surface area contributed by atoms with Crippen LogP contribution in [0.2, 0.25) is 0 Å². The lowest BCUT2D eigenvalue weighted by Crippen LogP contribution is -2.32. The van der Waals surface area contributed by atoms with Gasteiger partial charge in [0.2, 0.25) is 0 Å². The molecule has 0 bridgehead atoms. The molecule has 0 unspecified atom stereocenters. The summed E-state index contributed by atoms with van der Waals surface area (Å²) in [5.74, 6) is 0.0358. The molecule has 2 heterocycles. The Balaban J connectivity index is 2.02. The van der Waals surface area contributed by atoms with Gasteiger partial charge in [-0.3, -0.25) is 4.40 Å². The van der Waals surface area contributed by atoms with Crippen molar-refractivity contribution in [1.29, 1.82) is 0 Å². The number of nitrogens with one attached hydrogen (secondary N) is 1. The first kappa shape index (κ1) is 16.2. The molecule has 21 heavy (non-hydrogen) atoms. The minimum Gasteiger partial charge on any atom is -0.381 e. The second kappa shape index (κ2) is 6.30. The van der Waals surface area contributed by atoms with Crippen LogP contribution in [0.25, 0.3) is 4.96 Å². The molecule has 0 fully saturated rings. The van der Waals surface area contributed by atoms with Gasteiger partial charge in [0, 0.05) is 24.2 Å². The monoisotopic (exact) mass is 331 g/mol. The molecule has 0 aliphatic carbocycles. The molecule has 0 spiro atoms. The summed E-state index contributed by atoms with van der Waals surface area (Å²) in [6, 6.07) is 0.442. The number of rotatable bonds is 7. The van der Waals surface area contributed by atoms with Gasteiger partial charge in [-0.15, -0.1) is 11.3 Å². The van der Waals surface area contributed by atoms with E-state index in [2.05, 4.69) is 28.5 Å². The third-order valence-electron chi connectivity index (χ3n) is 3.36. The predicted molar refractivity (Wildman–Crippen MR) is 85.1 cm³/mol. The highest BCUT2D eigenvalue weighted by atomic mass is 32.2. The van der Waals surface area contributed by atoms with Crippen molar-refractivity contribution in [1.82, 2.24) is 19.0 Å². The number of aromatic nitrogens is 2. The van der Waals surface area contributed by atoms with E-state index in [4.69, 9.17) is 5.73 Å². The molecule has 2 aromatic rings. The van der Waals surface area contributed by atoms with Crippen molar-refractivity contribution < 1.29 is 8.42 Å². The first-order chi connectivity index (χ1) is 9.83. The fourth-order valence-electron chi connectivity index (χ4n) is 1.91. The Hall–Kier alpha value is -1.16. The Morgan fingerprint density at radius 3 is 2.90 bits per heavy atom. The average molecular weight is 331 g/mol. The Bertz CT molecular complexity index is 704. The van der Waals surface area contributed by atoms with Crippen LogP contribution in [0.4, 0.5) is 5.82 Å². The highest BCUT2D eigenvalue weighted by molar-refractivity contribution is 7.89. The first-order valence-corrected chi connectivity index (χ1v) is 9.10. The van der Waals surface area contributed by atoms with Gasteiger partial charge in [0.05, 0.1) is 0 Å². The van der Waals surface area contributed by atoms with E-state index in [1.54, 1.807) is 11.6 Å². The summed E-state index contributed by atoms with van der Waals surface area (Å²) in [6.07, 6.45) is 2.39. The minimum atomic E-state index is -3.65. The molecule has 0 aromatic carbocycles. The maximum absolute atomic E-state index is 12.3. The van der Waals surface area contributed by atoms with Crippen LogP contribution in [0, 0.1) is 0 Å². The maximum Gasteiger partial charge on any atom is 0.260 e. The van der Waals surface area contributed by atoms with Gasteiger partial charge in [-0.2, -0.15) is 0 Å². The zero-order chi connectivity index (χ0) is 15.6. The second-order valence-corrected chi connectivity index (χ2v) is 7.74. The number of thiazole rings is 1. The highest BCUT2D eigenvalue weighted by Gasteiger charge is 2.23. The van der Waals surface area contributed by atoms with E-state index in [1.165, 1.54) is 15.7 Å². The van der Waals surface area contributed by atoms with Crippen LogP contribution in [-0.2, 0) is 10.0 Å². The Kier molecular flexibility index (Phi) is 4.87. The fourth-order valence-corrected chi connectivity index (χ4v) is 3.97. The van der Waals surface area contributed by atoms with E-state index < -0.39 is 10.0 Å². The van der Waals surface area contributed by atoms with Crippen LogP contribution in [0.3, 0.4) is 0 Å². The number of nitrogen functional groups attached to an aromatic ring is 1. The molecule has 0 atom stereocenters. The number of fused-ring (bicyclic) bond motifs is 1. The lowest BCUT2D eigenvalue weighted by Gasteiger charge is -2.20. The molecule has 7 nitrogen and oxygen atoms in total. The van der Waals surface area contributed by atoms with Crippen LogP contribution in [-0.4, -0.2) is 48.9 Å². The van der Waals surface area contributed by atoms with Crippen LogP contribution >= 0.6 is 11.3 Å². The standard InChI is InChI=1S/C12H21N5O2S2/c1-9(2)16(3)6-4-5-14-21(18,19)11-10(13)15-12-17(11)7-8-20-12/h7-9,14H,4-6,13H2,1-3H3. The summed E-state index contributed by atoms with van der Waals surface area (Å²) < 4.78 is 28.8. The molecule has 0 radical (unpaired) electrons.